The molecule has 3 fully saturated rings. The molecule has 0 saturated carbocycles. The number of hydrogen-bond acceptors (Lipinski definition) is 3. The zero-order valence-corrected chi connectivity index (χ0v) is 20.2. The third-order valence-corrected chi connectivity index (χ3v) is 7.83. The lowest BCUT2D eigenvalue weighted by atomic mass is 9.70. The topological polar surface area (TPSA) is 82.9 Å². The molecule has 2 amide bonds. The van der Waals surface area contributed by atoms with E-state index >= 15 is 0 Å². The van der Waals surface area contributed by atoms with E-state index in [0.717, 1.165) is 55.7 Å². The summed E-state index contributed by atoms with van der Waals surface area (Å²) in [7, 11) is 2.03. The van der Waals surface area contributed by atoms with E-state index in [0.29, 0.717) is 42.2 Å². The lowest BCUT2D eigenvalue weighted by molar-refractivity contribution is -0.152. The molecular formula is C25H39N3O4. The summed E-state index contributed by atoms with van der Waals surface area (Å²) in [4.78, 5) is 39.1. The van der Waals surface area contributed by atoms with Gasteiger partial charge in [0.05, 0.1) is 5.56 Å². The van der Waals surface area contributed by atoms with Crippen molar-refractivity contribution in [1.29, 1.82) is 0 Å². The highest BCUT2D eigenvalue weighted by atomic mass is 16.3. The van der Waals surface area contributed by atoms with Crippen LogP contribution < -0.4 is 0 Å². The number of nitrogens with zero attached hydrogens (tertiary/aromatic N) is 3. The molecule has 1 aromatic heterocycles. The number of carbonyl (C=O) groups excluding carboxylic acids is 2. The molecule has 1 N–H and O–H groups in total. The van der Waals surface area contributed by atoms with Crippen molar-refractivity contribution in [2.24, 2.45) is 24.8 Å². The molecule has 3 aliphatic rings. The van der Waals surface area contributed by atoms with Gasteiger partial charge in [-0.05, 0) is 69.8 Å². The maximum Gasteiger partial charge on any atom is 0.290 e. The van der Waals surface area contributed by atoms with Crippen LogP contribution in [0.1, 0.15) is 74.1 Å². The minimum absolute atomic E-state index is 0.180. The molecule has 32 heavy (non-hydrogen) atoms. The summed E-state index contributed by atoms with van der Waals surface area (Å²) in [6.45, 7) is 9.97. The van der Waals surface area contributed by atoms with Crippen molar-refractivity contribution in [3.8, 4) is 0 Å². The summed E-state index contributed by atoms with van der Waals surface area (Å²) in [5, 5.41) is 6.89. The molecular weight excluding hydrogens is 406 g/mol. The number of aromatic nitrogens is 1. The van der Waals surface area contributed by atoms with Gasteiger partial charge in [-0.2, -0.15) is 0 Å². The standard InChI is InChI=1S/C24H37N3O2.CH2O2/c1-15(2)9-10-22-19-12-18(21-7-6-8-23(28)27(21)22)13-26(14-19)24(29)20-11-16(3)25(5)17(20)4;2-1-3/h11,15,18-19,21-22H,6-10,12-14H2,1-5H3;1H,(H,2,3)/t18-,19+,21+,22+;/m1./s1. The largest absolute Gasteiger partial charge is 0.483 e. The monoisotopic (exact) mass is 445 g/mol. The number of hydrogen-bond donors (Lipinski definition) is 1. The number of likely N-dealkylation sites (tertiary alicyclic amines) is 1. The maximum absolute atomic E-state index is 13.4. The first-order chi connectivity index (χ1) is 15.2. The van der Waals surface area contributed by atoms with Gasteiger partial charge in [-0.15, -0.1) is 0 Å². The Labute approximate surface area is 191 Å². The predicted molar refractivity (Wildman–Crippen MR) is 123 cm³/mol. The van der Waals surface area contributed by atoms with E-state index in [1.807, 2.05) is 20.0 Å². The first kappa shape index (κ1) is 24.3. The molecule has 0 aromatic carbocycles. The van der Waals surface area contributed by atoms with Crippen molar-refractivity contribution in [3.05, 3.63) is 23.0 Å². The molecule has 4 atom stereocenters. The molecule has 7 nitrogen and oxygen atoms in total. The van der Waals surface area contributed by atoms with Crippen LogP contribution in [0.4, 0.5) is 0 Å². The van der Waals surface area contributed by atoms with Crippen LogP contribution in [0.2, 0.25) is 0 Å². The van der Waals surface area contributed by atoms with Crippen molar-refractivity contribution in [2.75, 3.05) is 13.1 Å². The van der Waals surface area contributed by atoms with E-state index in [9.17, 15) is 9.59 Å². The fourth-order valence-corrected chi connectivity index (χ4v) is 6.06. The molecule has 1 aromatic rings. The molecule has 4 heterocycles. The minimum Gasteiger partial charge on any atom is -0.483 e. The van der Waals surface area contributed by atoms with Gasteiger partial charge in [0.2, 0.25) is 5.91 Å². The minimum atomic E-state index is -0.250. The van der Waals surface area contributed by atoms with Gasteiger partial charge in [-0.1, -0.05) is 13.8 Å². The lowest BCUT2D eigenvalue weighted by Gasteiger charge is -2.56. The Bertz CT molecular complexity index is 846. The van der Waals surface area contributed by atoms with Crippen molar-refractivity contribution < 1.29 is 19.5 Å². The fraction of sp³-hybridized carbons (Fsp3) is 0.720. The van der Waals surface area contributed by atoms with Gasteiger partial charge in [0.25, 0.3) is 12.4 Å². The van der Waals surface area contributed by atoms with Gasteiger partial charge >= 0.3 is 0 Å². The number of amides is 2. The molecule has 178 valence electrons. The number of aryl methyl sites for hydroxylation is 1. The molecule has 0 aliphatic carbocycles. The summed E-state index contributed by atoms with van der Waals surface area (Å²) in [6, 6.07) is 2.67. The smallest absolute Gasteiger partial charge is 0.290 e. The van der Waals surface area contributed by atoms with Gasteiger partial charge in [-0.3, -0.25) is 14.4 Å². The summed E-state index contributed by atoms with van der Waals surface area (Å²) < 4.78 is 2.10. The fourth-order valence-electron chi connectivity index (χ4n) is 6.06. The molecule has 3 saturated heterocycles. The Morgan fingerprint density at radius 3 is 2.50 bits per heavy atom. The molecule has 3 aliphatic heterocycles. The highest BCUT2D eigenvalue weighted by Crippen LogP contribution is 2.43. The van der Waals surface area contributed by atoms with Gasteiger partial charge in [-0.25, -0.2) is 0 Å². The number of fused-ring (bicyclic) bond motifs is 4. The molecule has 2 bridgehead atoms. The van der Waals surface area contributed by atoms with Gasteiger partial charge in [0, 0.05) is 50.0 Å². The first-order valence-corrected chi connectivity index (χ1v) is 12.0. The summed E-state index contributed by atoms with van der Waals surface area (Å²) in [6.07, 6.45) is 6.21. The van der Waals surface area contributed by atoms with Crippen LogP contribution in [0.25, 0.3) is 0 Å². The normalized spacial score (nSPS) is 27.0. The molecule has 4 rings (SSSR count). The highest BCUT2D eigenvalue weighted by molar-refractivity contribution is 5.96. The number of carboxylic acid groups (broad SMARTS) is 1. The van der Waals surface area contributed by atoms with Crippen LogP contribution in [-0.4, -0.2) is 62.9 Å². The third-order valence-electron chi connectivity index (χ3n) is 7.83. The number of carbonyl (C=O) groups is 3. The van der Waals surface area contributed by atoms with Crippen molar-refractivity contribution >= 4 is 18.3 Å². The third kappa shape index (κ3) is 4.71. The van der Waals surface area contributed by atoms with Crippen LogP contribution in [0.5, 0.6) is 0 Å². The molecule has 0 unspecified atom stereocenters. The Morgan fingerprint density at radius 2 is 1.91 bits per heavy atom. The van der Waals surface area contributed by atoms with Crippen LogP contribution in [0, 0.1) is 31.6 Å². The van der Waals surface area contributed by atoms with E-state index in [4.69, 9.17) is 9.90 Å². The van der Waals surface area contributed by atoms with E-state index in [1.165, 1.54) is 6.42 Å². The van der Waals surface area contributed by atoms with E-state index in [2.05, 4.69) is 35.1 Å². The molecule has 0 radical (unpaired) electrons. The average Bonchev–Trinajstić information content (AvgIpc) is 3.01. The Hall–Kier alpha value is -2.31. The Morgan fingerprint density at radius 1 is 1.25 bits per heavy atom. The maximum atomic E-state index is 13.4. The van der Waals surface area contributed by atoms with Gasteiger partial charge in [0.15, 0.2) is 0 Å². The second-order valence-corrected chi connectivity index (χ2v) is 10.2. The average molecular weight is 446 g/mol. The zero-order valence-electron chi connectivity index (χ0n) is 20.2. The van der Waals surface area contributed by atoms with Crippen molar-refractivity contribution in [2.45, 2.75) is 78.3 Å². The van der Waals surface area contributed by atoms with Crippen LogP contribution in [0.3, 0.4) is 0 Å². The second kappa shape index (κ2) is 10.1. The van der Waals surface area contributed by atoms with E-state index < -0.39 is 0 Å². The quantitative estimate of drug-likeness (QED) is 0.718. The Kier molecular flexibility index (Phi) is 7.67. The summed E-state index contributed by atoms with van der Waals surface area (Å²) in [5.74, 6) is 2.03. The molecule has 0 spiro atoms. The lowest BCUT2D eigenvalue weighted by Crippen LogP contribution is -2.65. The first-order valence-electron chi connectivity index (χ1n) is 12.0. The van der Waals surface area contributed by atoms with Crippen molar-refractivity contribution in [1.82, 2.24) is 14.4 Å². The predicted octanol–water partition coefficient (Wildman–Crippen LogP) is 3.62. The van der Waals surface area contributed by atoms with Gasteiger partial charge in [0.1, 0.15) is 0 Å². The van der Waals surface area contributed by atoms with Crippen LogP contribution in [0.15, 0.2) is 6.07 Å². The highest BCUT2D eigenvalue weighted by Gasteiger charge is 2.49. The number of rotatable bonds is 4. The Balaban J connectivity index is 0.000000913. The second-order valence-electron chi connectivity index (χ2n) is 10.2. The SMILES string of the molecule is Cc1cc(C(=O)N2C[C@H]3C[C@@H](C2)[C@H](CCC(C)C)N2C(=O)CCC[C@@H]32)c(C)n1C.O=CO. The van der Waals surface area contributed by atoms with Crippen LogP contribution in [-0.2, 0) is 16.6 Å². The molecule has 7 heteroatoms. The van der Waals surface area contributed by atoms with E-state index in [1.54, 1.807) is 0 Å². The summed E-state index contributed by atoms with van der Waals surface area (Å²) in [5.41, 5.74) is 3.02. The van der Waals surface area contributed by atoms with Crippen molar-refractivity contribution in [3.63, 3.8) is 0 Å². The zero-order chi connectivity index (χ0) is 23.6. The van der Waals surface area contributed by atoms with E-state index in [-0.39, 0.29) is 12.4 Å². The number of piperidine rings is 3. The van der Waals surface area contributed by atoms with Gasteiger partial charge < -0.3 is 19.5 Å². The summed E-state index contributed by atoms with van der Waals surface area (Å²) >= 11 is 0. The van der Waals surface area contributed by atoms with Crippen LogP contribution >= 0.6 is 0 Å².